The van der Waals surface area contributed by atoms with Crippen molar-refractivity contribution in [3.8, 4) is 11.5 Å². The first-order valence-corrected chi connectivity index (χ1v) is 7.69. The van der Waals surface area contributed by atoms with Crippen molar-refractivity contribution in [2.75, 3.05) is 13.7 Å². The molecule has 0 unspecified atom stereocenters. The van der Waals surface area contributed by atoms with Crippen LogP contribution in [-0.4, -0.2) is 34.4 Å². The molecule has 1 heterocycles. The summed E-state index contributed by atoms with van der Waals surface area (Å²) in [6.07, 6.45) is 6.02. The van der Waals surface area contributed by atoms with E-state index in [4.69, 9.17) is 9.47 Å². The minimum absolute atomic E-state index is 0.118. The van der Waals surface area contributed by atoms with Gasteiger partial charge in [0.15, 0.2) is 11.5 Å². The van der Waals surface area contributed by atoms with Crippen LogP contribution in [0.25, 0.3) is 16.7 Å². The number of methoxy groups -OCH3 is 1. The number of nitrogens with one attached hydrogen (secondary N) is 1. The van der Waals surface area contributed by atoms with E-state index in [1.807, 2.05) is 6.92 Å². The lowest BCUT2D eigenvalue weighted by Crippen LogP contribution is -2.13. The highest BCUT2D eigenvalue weighted by Crippen LogP contribution is 2.37. The first-order chi connectivity index (χ1) is 12.1. The minimum atomic E-state index is -0.530. The van der Waals surface area contributed by atoms with Gasteiger partial charge in [0, 0.05) is 11.5 Å². The van der Waals surface area contributed by atoms with Crippen LogP contribution in [0.1, 0.15) is 12.6 Å². The van der Waals surface area contributed by atoms with Crippen molar-refractivity contribution in [2.45, 2.75) is 6.92 Å². The van der Waals surface area contributed by atoms with E-state index in [1.54, 1.807) is 37.5 Å². The van der Waals surface area contributed by atoms with Crippen molar-refractivity contribution in [1.29, 1.82) is 0 Å². The van der Waals surface area contributed by atoms with Gasteiger partial charge in [-0.1, -0.05) is 12.2 Å². The number of allylic oxidation sites excluding steroid dienone is 5. The second-order valence-corrected chi connectivity index (χ2v) is 5.30. The third-order valence-electron chi connectivity index (χ3n) is 3.84. The minimum Gasteiger partial charge on any atom is -0.612 e. The first-order valence-electron chi connectivity index (χ1n) is 7.69. The molecule has 0 atom stereocenters. The summed E-state index contributed by atoms with van der Waals surface area (Å²) in [6.45, 7) is 2.20. The highest BCUT2D eigenvalue weighted by molar-refractivity contribution is 6.13. The highest BCUT2D eigenvalue weighted by Gasteiger charge is 2.23. The predicted octanol–water partition coefficient (Wildman–Crippen LogP) is 3.42. The molecule has 0 amide bonds. The summed E-state index contributed by atoms with van der Waals surface area (Å²) in [5, 5.41) is 33.9. The number of ether oxygens (including phenoxy) is 2. The number of rotatable bonds is 4. The molecular weight excluding hydrogens is 324 g/mol. The smallest absolute Gasteiger partial charge is 0.233 e. The molecule has 0 fully saturated rings. The highest BCUT2D eigenvalue weighted by atomic mass is 16.8. The number of hydrogen-bond donors (Lipinski definition) is 2. The molecule has 0 saturated carbocycles. The monoisotopic (exact) mass is 341 g/mol. The molecule has 1 aliphatic carbocycles. The number of aromatic amines is 1. The fourth-order valence-corrected chi connectivity index (χ4v) is 2.70. The zero-order valence-corrected chi connectivity index (χ0v) is 13.8. The van der Waals surface area contributed by atoms with Crippen LogP contribution in [0, 0.1) is 10.4 Å². The number of nitrogens with zero attached hydrogens (tertiary/aromatic N) is 1. The van der Waals surface area contributed by atoms with Gasteiger partial charge in [-0.15, -0.1) is 0 Å². The zero-order chi connectivity index (χ0) is 18.0. The van der Waals surface area contributed by atoms with Gasteiger partial charge in [0.2, 0.25) is 5.71 Å². The molecule has 2 N–H and O–H groups in total. The van der Waals surface area contributed by atoms with E-state index in [0.29, 0.717) is 23.8 Å². The summed E-state index contributed by atoms with van der Waals surface area (Å²) >= 11 is 0. The third-order valence-corrected chi connectivity index (χ3v) is 3.84. The topological polar surface area (TPSA) is 104 Å². The largest absolute Gasteiger partial charge is 0.612 e. The molecule has 1 aromatic carbocycles. The molecular formula is C18H17N2O5-. The van der Waals surface area contributed by atoms with Crippen LogP contribution >= 0.6 is 0 Å². The summed E-state index contributed by atoms with van der Waals surface area (Å²) in [4.78, 5) is 2.54. The Morgan fingerprint density at radius 2 is 2.00 bits per heavy atom. The standard InChI is InChI=1S/C18H17N2O5/c1-3-25-18-13-10-11(24-2)8-9-14(13)19-16(18)17(21)12-6-4-5-7-15(12)20(22)23/h4-10,19H,3H2,1-2H3,(H-,21,22,23)/q-1. The Kier molecular flexibility index (Phi) is 4.38. The summed E-state index contributed by atoms with van der Waals surface area (Å²) in [5.74, 6) is 0.821. The second-order valence-electron chi connectivity index (χ2n) is 5.30. The normalized spacial score (nSPS) is 15.5. The predicted molar refractivity (Wildman–Crippen MR) is 95.8 cm³/mol. The van der Waals surface area contributed by atoms with Crippen molar-refractivity contribution in [2.24, 2.45) is 0 Å². The molecule has 7 heteroatoms. The molecule has 0 radical (unpaired) electrons. The number of fused-ring (bicyclic) bond motifs is 1. The van der Waals surface area contributed by atoms with E-state index in [2.05, 4.69) is 4.98 Å². The molecule has 0 spiro atoms. The van der Waals surface area contributed by atoms with Crippen molar-refractivity contribution < 1.29 is 19.5 Å². The average molecular weight is 341 g/mol. The van der Waals surface area contributed by atoms with Crippen LogP contribution in [0.15, 0.2) is 48.1 Å². The lowest BCUT2D eigenvalue weighted by Gasteiger charge is -2.13. The molecule has 0 aliphatic heterocycles. The van der Waals surface area contributed by atoms with Crippen LogP contribution in [-0.2, 0) is 0 Å². The van der Waals surface area contributed by atoms with Gasteiger partial charge in [-0.25, -0.2) is 0 Å². The Morgan fingerprint density at radius 3 is 2.68 bits per heavy atom. The van der Waals surface area contributed by atoms with Crippen LogP contribution in [0.3, 0.4) is 0 Å². The third kappa shape index (κ3) is 2.91. The molecule has 1 aliphatic rings. The van der Waals surface area contributed by atoms with Crippen LogP contribution < -0.4 is 9.47 Å². The summed E-state index contributed by atoms with van der Waals surface area (Å²) in [6, 6.07) is 5.36. The van der Waals surface area contributed by atoms with Crippen molar-refractivity contribution >= 4 is 22.4 Å². The van der Waals surface area contributed by atoms with Crippen molar-refractivity contribution in [3.63, 3.8) is 0 Å². The molecule has 25 heavy (non-hydrogen) atoms. The number of H-pyrrole nitrogens is 1. The zero-order valence-electron chi connectivity index (χ0n) is 13.8. The fourth-order valence-electron chi connectivity index (χ4n) is 2.70. The molecule has 1 aromatic heterocycles. The molecule has 0 saturated heterocycles. The summed E-state index contributed by atoms with van der Waals surface area (Å²) in [5.41, 5.74) is 0.953. The lowest BCUT2D eigenvalue weighted by atomic mass is 10.0. The molecule has 0 bridgehead atoms. The average Bonchev–Trinajstić information content (AvgIpc) is 2.99. The lowest BCUT2D eigenvalue weighted by molar-refractivity contribution is -0.377. The molecule has 130 valence electrons. The van der Waals surface area contributed by atoms with Gasteiger partial charge in [-0.05, 0) is 31.2 Å². The van der Waals surface area contributed by atoms with Gasteiger partial charge in [0.1, 0.15) is 11.4 Å². The van der Waals surface area contributed by atoms with E-state index < -0.39 is 4.90 Å². The molecule has 2 aromatic rings. The molecule has 3 rings (SSSR count). The van der Waals surface area contributed by atoms with Gasteiger partial charge in [0.05, 0.1) is 24.8 Å². The van der Waals surface area contributed by atoms with Gasteiger partial charge < -0.3 is 30.0 Å². The summed E-state index contributed by atoms with van der Waals surface area (Å²) in [7, 11) is 1.56. The molecule has 7 nitrogen and oxygen atoms in total. The first kappa shape index (κ1) is 16.5. The van der Waals surface area contributed by atoms with Gasteiger partial charge in [-0.3, -0.25) is 0 Å². The van der Waals surface area contributed by atoms with Crippen molar-refractivity contribution in [3.05, 3.63) is 64.2 Å². The van der Waals surface area contributed by atoms with Crippen molar-refractivity contribution in [1.82, 2.24) is 4.98 Å². The Hall–Kier alpha value is -3.35. The van der Waals surface area contributed by atoms with E-state index >= 15 is 0 Å². The van der Waals surface area contributed by atoms with Gasteiger partial charge in [-0.2, -0.15) is 4.90 Å². The SMILES string of the molecule is CCOc1c(C(O)=C2C=CC=CC2=[N+]([O-])[O-])[nH]c2ccc(OC)cc12. The second kappa shape index (κ2) is 6.64. The maximum atomic E-state index is 11.2. The number of aliphatic hydroxyl groups excluding tert-OH is 1. The van der Waals surface area contributed by atoms with E-state index in [0.717, 1.165) is 10.9 Å². The van der Waals surface area contributed by atoms with E-state index in [1.165, 1.54) is 12.2 Å². The Morgan fingerprint density at radius 1 is 1.24 bits per heavy atom. The van der Waals surface area contributed by atoms with E-state index in [-0.39, 0.29) is 17.0 Å². The van der Waals surface area contributed by atoms with Crippen LogP contribution in [0.5, 0.6) is 11.5 Å². The van der Waals surface area contributed by atoms with Crippen LogP contribution in [0.2, 0.25) is 0 Å². The number of benzene rings is 1. The Labute approximate surface area is 144 Å². The fraction of sp³-hybridized carbons (Fsp3) is 0.167. The van der Waals surface area contributed by atoms with Gasteiger partial charge >= 0.3 is 0 Å². The Balaban J connectivity index is 2.25. The quantitative estimate of drug-likeness (QED) is 0.504. The van der Waals surface area contributed by atoms with E-state index in [9.17, 15) is 15.5 Å². The summed E-state index contributed by atoms with van der Waals surface area (Å²) < 4.78 is 10.9. The maximum Gasteiger partial charge on any atom is 0.233 e. The Bertz CT molecular complexity index is 930. The van der Waals surface area contributed by atoms with Gasteiger partial charge in [0.25, 0.3) is 0 Å². The maximum absolute atomic E-state index is 11.2. The number of aliphatic hydroxyl groups is 1. The number of hydrogen-bond acceptors (Lipinski definition) is 5. The van der Waals surface area contributed by atoms with Crippen LogP contribution in [0.4, 0.5) is 0 Å². The number of aromatic nitrogens is 1.